The van der Waals surface area contributed by atoms with Gasteiger partial charge in [-0.1, -0.05) is 0 Å². The highest BCUT2D eigenvalue weighted by atomic mass is 32.2. The fourth-order valence-electron chi connectivity index (χ4n) is 1.27. The molecular formula is C9H17N3O2S. The van der Waals surface area contributed by atoms with Gasteiger partial charge in [0.15, 0.2) is 0 Å². The Labute approximate surface area is 93.7 Å². The van der Waals surface area contributed by atoms with E-state index in [1.54, 1.807) is 11.8 Å². The summed E-state index contributed by atoms with van der Waals surface area (Å²) in [4.78, 5) is 22.5. The van der Waals surface area contributed by atoms with Crippen LogP contribution < -0.4 is 16.0 Å². The summed E-state index contributed by atoms with van der Waals surface area (Å²) in [5.74, 6) is 1.61. The molecule has 0 saturated carbocycles. The molecule has 1 fully saturated rings. The van der Waals surface area contributed by atoms with Crippen molar-refractivity contribution in [3.8, 4) is 0 Å². The topological polar surface area (TPSA) is 70.2 Å². The van der Waals surface area contributed by atoms with Crippen molar-refractivity contribution in [3.05, 3.63) is 0 Å². The van der Waals surface area contributed by atoms with Gasteiger partial charge in [0.1, 0.15) is 0 Å². The van der Waals surface area contributed by atoms with Crippen LogP contribution in [0, 0.1) is 0 Å². The molecule has 6 heteroatoms. The minimum Gasteiger partial charge on any atom is -0.356 e. The number of hydrogen-bond acceptors (Lipinski definition) is 4. The van der Waals surface area contributed by atoms with Crippen LogP contribution in [0.4, 0.5) is 0 Å². The summed E-state index contributed by atoms with van der Waals surface area (Å²) in [6.45, 7) is 2.91. The Hall–Kier alpha value is -0.750. The van der Waals surface area contributed by atoms with Crippen LogP contribution in [0.2, 0.25) is 0 Å². The van der Waals surface area contributed by atoms with E-state index in [0.717, 1.165) is 11.6 Å². The molecule has 5 nitrogen and oxygen atoms in total. The van der Waals surface area contributed by atoms with Crippen LogP contribution in [-0.4, -0.2) is 42.6 Å². The molecule has 1 rings (SSSR count). The lowest BCUT2D eigenvalue weighted by molar-refractivity contribution is -0.123. The molecule has 2 amide bonds. The molecule has 0 spiro atoms. The van der Waals surface area contributed by atoms with Gasteiger partial charge >= 0.3 is 0 Å². The van der Waals surface area contributed by atoms with Crippen molar-refractivity contribution in [1.82, 2.24) is 16.0 Å². The zero-order valence-electron chi connectivity index (χ0n) is 8.84. The number of hydrogen-bond donors (Lipinski definition) is 3. The Balaban J connectivity index is 2.08. The smallest absolute Gasteiger partial charge is 0.238 e. The maximum absolute atomic E-state index is 11.5. The number of carbonyl (C=O) groups is 2. The van der Waals surface area contributed by atoms with Gasteiger partial charge < -0.3 is 10.6 Å². The molecule has 0 radical (unpaired) electrons. The fourth-order valence-corrected chi connectivity index (χ4v) is 2.21. The molecule has 0 aromatic rings. The van der Waals surface area contributed by atoms with Gasteiger partial charge in [-0.25, -0.2) is 0 Å². The molecule has 1 unspecified atom stereocenters. The predicted octanol–water partition coefficient (Wildman–Crippen LogP) is -0.709. The number of thioether (sulfide) groups is 1. The van der Waals surface area contributed by atoms with Gasteiger partial charge in [0.25, 0.3) is 0 Å². The van der Waals surface area contributed by atoms with E-state index in [4.69, 9.17) is 0 Å². The first-order valence-electron chi connectivity index (χ1n) is 5.09. The van der Waals surface area contributed by atoms with Crippen LogP contribution in [0.15, 0.2) is 0 Å². The number of carbonyl (C=O) groups excluding carboxylic acids is 2. The third-order valence-electron chi connectivity index (χ3n) is 2.06. The van der Waals surface area contributed by atoms with Crippen molar-refractivity contribution in [2.45, 2.75) is 19.4 Å². The van der Waals surface area contributed by atoms with Crippen LogP contribution in [-0.2, 0) is 9.59 Å². The van der Waals surface area contributed by atoms with E-state index in [1.165, 1.54) is 0 Å². The number of nitrogens with one attached hydrogen (secondary N) is 3. The van der Waals surface area contributed by atoms with E-state index in [0.29, 0.717) is 19.5 Å². The molecule has 1 saturated heterocycles. The van der Waals surface area contributed by atoms with Crippen LogP contribution in [0.1, 0.15) is 13.3 Å². The van der Waals surface area contributed by atoms with Crippen LogP contribution >= 0.6 is 11.8 Å². The van der Waals surface area contributed by atoms with Crippen molar-refractivity contribution in [2.75, 3.05) is 24.7 Å². The van der Waals surface area contributed by atoms with Crippen molar-refractivity contribution >= 4 is 23.6 Å². The normalized spacial score (nSPS) is 19.9. The molecule has 3 N–H and O–H groups in total. The van der Waals surface area contributed by atoms with Crippen molar-refractivity contribution < 1.29 is 9.59 Å². The predicted molar refractivity (Wildman–Crippen MR) is 60.6 cm³/mol. The highest BCUT2D eigenvalue weighted by Crippen LogP contribution is 2.08. The zero-order chi connectivity index (χ0) is 11.1. The van der Waals surface area contributed by atoms with Crippen LogP contribution in [0.3, 0.4) is 0 Å². The number of amides is 2. The average molecular weight is 231 g/mol. The summed E-state index contributed by atoms with van der Waals surface area (Å²) >= 11 is 1.71. The van der Waals surface area contributed by atoms with Gasteiger partial charge in [-0.3, -0.25) is 14.9 Å². The van der Waals surface area contributed by atoms with Gasteiger partial charge in [0.2, 0.25) is 11.8 Å². The molecule has 1 heterocycles. The highest BCUT2D eigenvalue weighted by Gasteiger charge is 2.21. The van der Waals surface area contributed by atoms with Gasteiger partial charge in [-0.15, -0.1) is 11.8 Å². The molecular weight excluding hydrogens is 214 g/mol. The summed E-state index contributed by atoms with van der Waals surface area (Å²) in [7, 11) is 0. The van der Waals surface area contributed by atoms with Crippen molar-refractivity contribution in [3.63, 3.8) is 0 Å². The maximum atomic E-state index is 11.5. The van der Waals surface area contributed by atoms with Gasteiger partial charge in [-0.2, -0.15) is 0 Å². The quantitative estimate of drug-likeness (QED) is 0.585. The first-order valence-corrected chi connectivity index (χ1v) is 6.25. The first-order chi connectivity index (χ1) is 7.24. The summed E-state index contributed by atoms with van der Waals surface area (Å²) < 4.78 is 0. The molecule has 0 aliphatic carbocycles. The highest BCUT2D eigenvalue weighted by molar-refractivity contribution is 7.99. The Morgan fingerprint density at radius 1 is 1.47 bits per heavy atom. The standard InChI is InChI=1S/C9H17N3O2S/c1-2-10-8(13)3-4-11-9(14)7-5-15-6-12-7/h7,12H,2-6H2,1H3,(H,10,13)(H,11,14). The Morgan fingerprint density at radius 2 is 2.27 bits per heavy atom. The van der Waals surface area contributed by atoms with Crippen LogP contribution in [0.25, 0.3) is 0 Å². The average Bonchev–Trinajstić information content (AvgIpc) is 2.70. The minimum atomic E-state index is -0.0933. The number of rotatable bonds is 5. The van der Waals surface area contributed by atoms with E-state index in [1.807, 2.05) is 6.92 Å². The van der Waals surface area contributed by atoms with E-state index < -0.39 is 0 Å². The SMILES string of the molecule is CCNC(=O)CCNC(=O)C1CSCN1. The van der Waals surface area contributed by atoms with Gasteiger partial charge in [0, 0.05) is 31.1 Å². The van der Waals surface area contributed by atoms with Crippen molar-refractivity contribution in [1.29, 1.82) is 0 Å². The summed E-state index contributed by atoms with van der Waals surface area (Å²) in [5.41, 5.74) is 0. The third kappa shape index (κ3) is 4.53. The molecule has 0 aromatic carbocycles. The van der Waals surface area contributed by atoms with Gasteiger partial charge in [-0.05, 0) is 6.92 Å². The first kappa shape index (κ1) is 12.3. The lowest BCUT2D eigenvalue weighted by Gasteiger charge is -2.09. The zero-order valence-corrected chi connectivity index (χ0v) is 9.65. The molecule has 1 atom stereocenters. The summed E-state index contributed by atoms with van der Waals surface area (Å²) in [6.07, 6.45) is 0.347. The van der Waals surface area contributed by atoms with E-state index in [2.05, 4.69) is 16.0 Å². The third-order valence-corrected chi connectivity index (χ3v) is 3.00. The minimum absolute atomic E-state index is 0.00991. The monoisotopic (exact) mass is 231 g/mol. The Bertz CT molecular complexity index is 229. The molecule has 1 aliphatic heterocycles. The van der Waals surface area contributed by atoms with E-state index >= 15 is 0 Å². The lowest BCUT2D eigenvalue weighted by atomic mass is 10.3. The fraction of sp³-hybridized carbons (Fsp3) is 0.778. The second-order valence-electron chi connectivity index (χ2n) is 3.27. The maximum Gasteiger partial charge on any atom is 0.238 e. The summed E-state index contributed by atoms with van der Waals surface area (Å²) in [5, 5.41) is 8.49. The second-order valence-corrected chi connectivity index (χ2v) is 4.30. The Morgan fingerprint density at radius 3 is 2.87 bits per heavy atom. The molecule has 0 bridgehead atoms. The second kappa shape index (κ2) is 6.68. The molecule has 15 heavy (non-hydrogen) atoms. The summed E-state index contributed by atoms with van der Waals surface area (Å²) in [6, 6.07) is -0.0933. The molecule has 1 aliphatic rings. The lowest BCUT2D eigenvalue weighted by Crippen LogP contribution is -2.43. The molecule has 0 aromatic heterocycles. The Kier molecular flexibility index (Phi) is 5.49. The molecule has 86 valence electrons. The van der Waals surface area contributed by atoms with E-state index in [-0.39, 0.29) is 17.9 Å². The largest absolute Gasteiger partial charge is 0.356 e. The van der Waals surface area contributed by atoms with Gasteiger partial charge in [0.05, 0.1) is 6.04 Å². The van der Waals surface area contributed by atoms with Crippen LogP contribution in [0.5, 0.6) is 0 Å². The van der Waals surface area contributed by atoms with E-state index in [9.17, 15) is 9.59 Å². The van der Waals surface area contributed by atoms with Crippen molar-refractivity contribution in [2.24, 2.45) is 0 Å².